The van der Waals surface area contributed by atoms with Crippen LogP contribution in [0.15, 0.2) is 24.3 Å². The highest BCUT2D eigenvalue weighted by atomic mass is 16.5. The zero-order valence-electron chi connectivity index (χ0n) is 11.5. The Morgan fingerprint density at radius 1 is 1.35 bits per heavy atom. The molecule has 5 heteroatoms. The molecule has 1 aromatic rings. The van der Waals surface area contributed by atoms with E-state index in [0.29, 0.717) is 18.6 Å². The zero-order chi connectivity index (χ0) is 14.5. The van der Waals surface area contributed by atoms with Gasteiger partial charge in [-0.3, -0.25) is 9.59 Å². The first-order valence-corrected chi connectivity index (χ1v) is 6.74. The Kier molecular flexibility index (Phi) is 4.61. The molecule has 1 aliphatic rings. The minimum absolute atomic E-state index is 0.0293. The second-order valence-corrected chi connectivity index (χ2v) is 5.10. The topological polar surface area (TPSA) is 75.6 Å². The highest BCUT2D eigenvalue weighted by Gasteiger charge is 2.30. The van der Waals surface area contributed by atoms with Crippen LogP contribution in [-0.2, 0) is 16.0 Å². The lowest BCUT2D eigenvalue weighted by Crippen LogP contribution is -2.34. The average molecular weight is 277 g/mol. The van der Waals surface area contributed by atoms with Gasteiger partial charge in [-0.2, -0.15) is 0 Å². The van der Waals surface area contributed by atoms with E-state index in [0.717, 1.165) is 12.0 Å². The van der Waals surface area contributed by atoms with Gasteiger partial charge in [0, 0.05) is 11.6 Å². The second kappa shape index (κ2) is 6.41. The number of para-hydroxylation sites is 1. The molecular weight excluding hydrogens is 258 g/mol. The molecule has 1 amide bonds. The summed E-state index contributed by atoms with van der Waals surface area (Å²) in [5.41, 5.74) is 0.834. The van der Waals surface area contributed by atoms with Crippen LogP contribution in [0.1, 0.15) is 24.8 Å². The molecule has 5 nitrogen and oxygen atoms in total. The van der Waals surface area contributed by atoms with Crippen LogP contribution in [-0.4, -0.2) is 30.1 Å². The number of hydrogen-bond acceptors (Lipinski definition) is 3. The predicted octanol–water partition coefficient (Wildman–Crippen LogP) is 1.61. The van der Waals surface area contributed by atoms with Crippen LogP contribution in [0.4, 0.5) is 0 Å². The Morgan fingerprint density at radius 3 is 2.75 bits per heavy atom. The van der Waals surface area contributed by atoms with Crippen molar-refractivity contribution in [2.75, 3.05) is 7.11 Å². The molecular formula is C15H19NO4. The SMILES string of the molecule is COc1ccccc1CC(=O)N[C@H]1CC[C@@H](C(=O)O)C1. The Labute approximate surface area is 117 Å². The highest BCUT2D eigenvalue weighted by molar-refractivity contribution is 5.80. The summed E-state index contributed by atoms with van der Waals surface area (Å²) in [4.78, 5) is 22.9. The maximum Gasteiger partial charge on any atom is 0.306 e. The molecule has 1 fully saturated rings. The van der Waals surface area contributed by atoms with Gasteiger partial charge in [0.1, 0.15) is 5.75 Å². The van der Waals surface area contributed by atoms with Crippen molar-refractivity contribution in [2.45, 2.75) is 31.7 Å². The van der Waals surface area contributed by atoms with Crippen molar-refractivity contribution in [3.63, 3.8) is 0 Å². The molecule has 20 heavy (non-hydrogen) atoms. The Bertz CT molecular complexity index is 500. The summed E-state index contributed by atoms with van der Waals surface area (Å²) in [6.45, 7) is 0. The van der Waals surface area contributed by atoms with E-state index in [1.807, 2.05) is 24.3 Å². The van der Waals surface area contributed by atoms with E-state index in [2.05, 4.69) is 5.32 Å². The Hall–Kier alpha value is -2.04. The lowest BCUT2D eigenvalue weighted by atomic mass is 10.1. The number of ether oxygens (including phenoxy) is 1. The number of nitrogens with one attached hydrogen (secondary N) is 1. The van der Waals surface area contributed by atoms with E-state index < -0.39 is 5.97 Å². The van der Waals surface area contributed by atoms with Gasteiger partial charge < -0.3 is 15.2 Å². The lowest BCUT2D eigenvalue weighted by molar-refractivity contribution is -0.141. The first-order chi connectivity index (χ1) is 9.60. The molecule has 1 aromatic carbocycles. The van der Waals surface area contributed by atoms with E-state index in [-0.39, 0.29) is 24.3 Å². The van der Waals surface area contributed by atoms with Crippen LogP contribution in [0.5, 0.6) is 5.75 Å². The van der Waals surface area contributed by atoms with Crippen molar-refractivity contribution in [2.24, 2.45) is 5.92 Å². The van der Waals surface area contributed by atoms with E-state index in [9.17, 15) is 9.59 Å². The summed E-state index contributed by atoms with van der Waals surface area (Å²) >= 11 is 0. The number of aliphatic carboxylic acids is 1. The third-order valence-corrected chi connectivity index (χ3v) is 3.69. The number of benzene rings is 1. The molecule has 1 saturated carbocycles. The van der Waals surface area contributed by atoms with Crippen LogP contribution >= 0.6 is 0 Å². The number of methoxy groups -OCH3 is 1. The van der Waals surface area contributed by atoms with Gasteiger partial charge >= 0.3 is 5.97 Å². The summed E-state index contributed by atoms with van der Waals surface area (Å²) in [5.74, 6) is -0.499. The first-order valence-electron chi connectivity index (χ1n) is 6.74. The van der Waals surface area contributed by atoms with Crippen LogP contribution < -0.4 is 10.1 Å². The number of carboxylic acids is 1. The average Bonchev–Trinajstić information content (AvgIpc) is 2.88. The molecule has 0 aromatic heterocycles. The van der Waals surface area contributed by atoms with Gasteiger partial charge in [-0.1, -0.05) is 18.2 Å². The quantitative estimate of drug-likeness (QED) is 0.857. The Balaban J connectivity index is 1.89. The monoisotopic (exact) mass is 277 g/mol. The molecule has 1 aliphatic carbocycles. The molecule has 0 saturated heterocycles. The van der Waals surface area contributed by atoms with Gasteiger partial charge in [-0.25, -0.2) is 0 Å². The predicted molar refractivity (Wildman–Crippen MR) is 73.6 cm³/mol. The number of carbonyl (C=O) groups is 2. The van der Waals surface area contributed by atoms with Crippen molar-refractivity contribution in [1.29, 1.82) is 0 Å². The smallest absolute Gasteiger partial charge is 0.306 e. The molecule has 108 valence electrons. The van der Waals surface area contributed by atoms with Crippen molar-refractivity contribution < 1.29 is 19.4 Å². The molecule has 2 rings (SSSR count). The molecule has 0 unspecified atom stereocenters. The highest BCUT2D eigenvalue weighted by Crippen LogP contribution is 2.26. The fourth-order valence-electron chi connectivity index (χ4n) is 2.64. The summed E-state index contributed by atoms with van der Waals surface area (Å²) in [7, 11) is 1.57. The molecule has 0 heterocycles. The van der Waals surface area contributed by atoms with Gasteiger partial charge in [0.15, 0.2) is 0 Å². The lowest BCUT2D eigenvalue weighted by Gasteiger charge is -2.13. The number of carboxylic acid groups (broad SMARTS) is 1. The number of amides is 1. The van der Waals surface area contributed by atoms with Gasteiger partial charge in [0.05, 0.1) is 19.4 Å². The minimum Gasteiger partial charge on any atom is -0.496 e. The third-order valence-electron chi connectivity index (χ3n) is 3.69. The standard InChI is InChI=1S/C15H19NO4/c1-20-13-5-3-2-4-10(13)9-14(17)16-12-7-6-11(8-12)15(18)19/h2-5,11-12H,6-9H2,1H3,(H,16,17)(H,18,19)/t11-,12+/m1/s1. The van der Waals surface area contributed by atoms with Crippen LogP contribution in [0, 0.1) is 5.92 Å². The van der Waals surface area contributed by atoms with Gasteiger partial charge in [0.2, 0.25) is 5.91 Å². The molecule has 0 spiro atoms. The van der Waals surface area contributed by atoms with E-state index >= 15 is 0 Å². The molecule has 2 N–H and O–H groups in total. The van der Waals surface area contributed by atoms with Crippen molar-refractivity contribution in [3.05, 3.63) is 29.8 Å². The number of hydrogen-bond donors (Lipinski definition) is 2. The van der Waals surface area contributed by atoms with Gasteiger partial charge in [0.25, 0.3) is 0 Å². The summed E-state index contributed by atoms with van der Waals surface area (Å²) in [5, 5.41) is 11.8. The minimum atomic E-state index is -0.772. The molecule has 0 aliphatic heterocycles. The van der Waals surface area contributed by atoms with Crippen LogP contribution in [0.2, 0.25) is 0 Å². The van der Waals surface area contributed by atoms with Crippen LogP contribution in [0.25, 0.3) is 0 Å². The fraction of sp³-hybridized carbons (Fsp3) is 0.467. The maximum atomic E-state index is 12.0. The summed E-state index contributed by atoms with van der Waals surface area (Å²) in [6, 6.07) is 7.36. The van der Waals surface area contributed by atoms with E-state index in [4.69, 9.17) is 9.84 Å². The van der Waals surface area contributed by atoms with E-state index in [1.54, 1.807) is 7.11 Å². The van der Waals surface area contributed by atoms with Crippen LogP contribution in [0.3, 0.4) is 0 Å². The first kappa shape index (κ1) is 14.4. The third kappa shape index (κ3) is 3.50. The van der Waals surface area contributed by atoms with Crippen molar-refractivity contribution in [3.8, 4) is 5.75 Å². The zero-order valence-corrected chi connectivity index (χ0v) is 11.5. The summed E-state index contributed by atoms with van der Waals surface area (Å²) < 4.78 is 5.21. The fourth-order valence-corrected chi connectivity index (χ4v) is 2.64. The normalized spacial score (nSPS) is 21.4. The molecule has 2 atom stereocenters. The summed E-state index contributed by atoms with van der Waals surface area (Å²) in [6.07, 6.45) is 2.13. The van der Waals surface area contributed by atoms with Crippen molar-refractivity contribution in [1.82, 2.24) is 5.32 Å². The van der Waals surface area contributed by atoms with E-state index in [1.165, 1.54) is 0 Å². The van der Waals surface area contributed by atoms with Gasteiger partial charge in [-0.05, 0) is 25.3 Å². The van der Waals surface area contributed by atoms with Gasteiger partial charge in [-0.15, -0.1) is 0 Å². The maximum absolute atomic E-state index is 12.0. The van der Waals surface area contributed by atoms with Crippen molar-refractivity contribution >= 4 is 11.9 Å². The number of carbonyl (C=O) groups excluding carboxylic acids is 1. The largest absolute Gasteiger partial charge is 0.496 e. The molecule has 0 radical (unpaired) electrons. The number of rotatable bonds is 5. The molecule has 0 bridgehead atoms. The second-order valence-electron chi connectivity index (χ2n) is 5.10. The Morgan fingerprint density at radius 2 is 2.10 bits per heavy atom.